The van der Waals surface area contributed by atoms with E-state index in [2.05, 4.69) is 0 Å². The predicted octanol–water partition coefficient (Wildman–Crippen LogP) is 3.86. The zero-order chi connectivity index (χ0) is 12.9. The molecule has 2 unspecified atom stereocenters. The molecule has 0 radical (unpaired) electrons. The van der Waals surface area contributed by atoms with Crippen molar-refractivity contribution in [1.82, 2.24) is 0 Å². The first-order valence-corrected chi connectivity index (χ1v) is 5.93. The van der Waals surface area contributed by atoms with Crippen LogP contribution < -0.4 is 0 Å². The summed E-state index contributed by atoms with van der Waals surface area (Å²) in [5.41, 5.74) is 0.798. The summed E-state index contributed by atoms with van der Waals surface area (Å²) in [4.78, 5) is 10.4. The third-order valence-electron chi connectivity index (χ3n) is 2.10. The topological polar surface area (TPSA) is 27.7 Å². The first kappa shape index (κ1) is 14.2. The molecule has 0 aliphatic rings. The highest BCUT2D eigenvalue weighted by Gasteiger charge is 2.16. The van der Waals surface area contributed by atoms with Gasteiger partial charge in [0, 0.05) is 0 Å². The van der Waals surface area contributed by atoms with E-state index in [0.717, 1.165) is 5.56 Å². The molecule has 2 atom stereocenters. The van der Waals surface area contributed by atoms with Crippen LogP contribution >= 0.6 is 0 Å². The van der Waals surface area contributed by atoms with Gasteiger partial charge in [0.05, 0.1) is 11.7 Å². The van der Waals surface area contributed by atoms with Crippen molar-refractivity contribution in [2.75, 3.05) is 0 Å². The largest absolute Gasteiger partial charge is 0.342 e. The van der Waals surface area contributed by atoms with E-state index in [1.807, 2.05) is 65.0 Å². The third-order valence-corrected chi connectivity index (χ3v) is 2.10. The summed E-state index contributed by atoms with van der Waals surface area (Å²) < 4.78 is 5.68. The van der Waals surface area contributed by atoms with Crippen LogP contribution in [0.5, 0.6) is 0 Å². The van der Waals surface area contributed by atoms with Crippen molar-refractivity contribution in [3.05, 3.63) is 35.9 Å². The molecular formula is C14H22O3. The standard InChI is InChI=1S/C14H22O3/c1-11(13-9-7-6-8-10-13)15-12(2)16-17-14(3,4)5/h6-12H,1-5H3. The zero-order valence-electron chi connectivity index (χ0n) is 11.3. The van der Waals surface area contributed by atoms with Crippen LogP contribution in [-0.4, -0.2) is 11.9 Å². The highest BCUT2D eigenvalue weighted by molar-refractivity contribution is 5.16. The fraction of sp³-hybridized carbons (Fsp3) is 0.571. The van der Waals surface area contributed by atoms with Crippen LogP contribution in [0, 0.1) is 0 Å². The Bertz CT molecular complexity index is 316. The maximum atomic E-state index is 5.68. The Kier molecular flexibility index (Phi) is 5.12. The number of benzene rings is 1. The van der Waals surface area contributed by atoms with Crippen LogP contribution in [0.2, 0.25) is 0 Å². The number of hydrogen-bond donors (Lipinski definition) is 0. The monoisotopic (exact) mass is 238 g/mol. The Hall–Kier alpha value is -0.900. The van der Waals surface area contributed by atoms with E-state index < -0.39 is 6.29 Å². The fourth-order valence-electron chi connectivity index (χ4n) is 1.32. The van der Waals surface area contributed by atoms with E-state index in [-0.39, 0.29) is 11.7 Å². The van der Waals surface area contributed by atoms with Gasteiger partial charge >= 0.3 is 0 Å². The van der Waals surface area contributed by atoms with Gasteiger partial charge in [0.2, 0.25) is 0 Å². The lowest BCUT2D eigenvalue weighted by Gasteiger charge is -2.23. The van der Waals surface area contributed by atoms with Crippen LogP contribution in [0.25, 0.3) is 0 Å². The number of hydrogen-bond acceptors (Lipinski definition) is 3. The molecular weight excluding hydrogens is 216 g/mol. The normalized spacial score (nSPS) is 15.6. The summed E-state index contributed by atoms with van der Waals surface area (Å²) in [7, 11) is 0. The van der Waals surface area contributed by atoms with E-state index in [9.17, 15) is 0 Å². The lowest BCUT2D eigenvalue weighted by atomic mass is 10.1. The lowest BCUT2D eigenvalue weighted by molar-refractivity contribution is -0.416. The van der Waals surface area contributed by atoms with Gasteiger partial charge in [-0.25, -0.2) is 9.78 Å². The molecule has 0 fully saturated rings. The molecule has 0 N–H and O–H groups in total. The minimum absolute atomic E-state index is 0.0187. The van der Waals surface area contributed by atoms with Crippen molar-refractivity contribution in [1.29, 1.82) is 0 Å². The highest BCUT2D eigenvalue weighted by Crippen LogP contribution is 2.19. The second-order valence-electron chi connectivity index (χ2n) is 5.05. The minimum Gasteiger partial charge on any atom is -0.342 e. The van der Waals surface area contributed by atoms with Crippen molar-refractivity contribution in [2.45, 2.75) is 52.6 Å². The van der Waals surface area contributed by atoms with E-state index in [0.29, 0.717) is 0 Å². The molecule has 0 saturated heterocycles. The zero-order valence-corrected chi connectivity index (χ0v) is 11.3. The van der Waals surface area contributed by atoms with E-state index in [4.69, 9.17) is 14.5 Å². The summed E-state index contributed by atoms with van der Waals surface area (Å²) in [6.07, 6.45) is -0.417. The smallest absolute Gasteiger partial charge is 0.189 e. The van der Waals surface area contributed by atoms with Gasteiger partial charge in [-0.05, 0) is 40.2 Å². The first-order valence-electron chi connectivity index (χ1n) is 5.93. The minimum atomic E-state index is -0.399. The fourth-order valence-corrected chi connectivity index (χ4v) is 1.32. The summed E-state index contributed by atoms with van der Waals surface area (Å²) in [5.74, 6) is 0. The van der Waals surface area contributed by atoms with E-state index >= 15 is 0 Å². The second kappa shape index (κ2) is 6.15. The molecule has 1 aromatic rings. The average molecular weight is 238 g/mol. The van der Waals surface area contributed by atoms with Crippen LogP contribution in [0.1, 0.15) is 46.3 Å². The highest BCUT2D eigenvalue weighted by atomic mass is 17.2. The van der Waals surface area contributed by atoms with Crippen LogP contribution in [0.4, 0.5) is 0 Å². The Balaban J connectivity index is 2.39. The molecule has 0 amide bonds. The molecule has 0 heterocycles. The van der Waals surface area contributed by atoms with Crippen LogP contribution in [-0.2, 0) is 14.5 Å². The van der Waals surface area contributed by atoms with Crippen LogP contribution in [0.15, 0.2) is 30.3 Å². The quantitative estimate of drug-likeness (QED) is 0.443. The van der Waals surface area contributed by atoms with E-state index in [1.165, 1.54) is 0 Å². The average Bonchev–Trinajstić information content (AvgIpc) is 2.27. The molecule has 3 nitrogen and oxygen atoms in total. The van der Waals surface area contributed by atoms with Crippen molar-refractivity contribution in [3.8, 4) is 0 Å². The van der Waals surface area contributed by atoms with Crippen LogP contribution in [0.3, 0.4) is 0 Å². The van der Waals surface area contributed by atoms with Gasteiger partial charge in [-0.1, -0.05) is 30.3 Å². The van der Waals surface area contributed by atoms with Gasteiger partial charge in [0.25, 0.3) is 0 Å². The van der Waals surface area contributed by atoms with Gasteiger partial charge < -0.3 is 4.74 Å². The van der Waals surface area contributed by atoms with Gasteiger partial charge in [0.15, 0.2) is 6.29 Å². The molecule has 17 heavy (non-hydrogen) atoms. The molecule has 1 rings (SSSR count). The van der Waals surface area contributed by atoms with Gasteiger partial charge in [-0.15, -0.1) is 0 Å². The lowest BCUT2D eigenvalue weighted by Crippen LogP contribution is -2.24. The summed E-state index contributed by atoms with van der Waals surface area (Å²) >= 11 is 0. The maximum Gasteiger partial charge on any atom is 0.189 e. The number of rotatable bonds is 5. The predicted molar refractivity (Wildman–Crippen MR) is 67.3 cm³/mol. The molecule has 0 aromatic heterocycles. The van der Waals surface area contributed by atoms with Gasteiger partial charge in [0.1, 0.15) is 0 Å². The Labute approximate surface area is 104 Å². The third kappa shape index (κ3) is 5.82. The molecule has 0 aliphatic heterocycles. The number of ether oxygens (including phenoxy) is 1. The first-order chi connectivity index (χ1) is 7.88. The Morgan fingerprint density at radius 3 is 2.12 bits per heavy atom. The molecule has 0 spiro atoms. The van der Waals surface area contributed by atoms with Gasteiger partial charge in [-0.2, -0.15) is 0 Å². The summed E-state index contributed by atoms with van der Waals surface area (Å²) in [6.45, 7) is 9.61. The summed E-state index contributed by atoms with van der Waals surface area (Å²) in [5, 5.41) is 0. The Morgan fingerprint density at radius 1 is 1.00 bits per heavy atom. The van der Waals surface area contributed by atoms with Crippen molar-refractivity contribution in [2.24, 2.45) is 0 Å². The van der Waals surface area contributed by atoms with E-state index in [1.54, 1.807) is 0 Å². The molecule has 0 aliphatic carbocycles. The van der Waals surface area contributed by atoms with Crippen molar-refractivity contribution in [3.63, 3.8) is 0 Å². The molecule has 96 valence electrons. The van der Waals surface area contributed by atoms with Crippen molar-refractivity contribution >= 4 is 0 Å². The van der Waals surface area contributed by atoms with Gasteiger partial charge in [-0.3, -0.25) is 0 Å². The summed E-state index contributed by atoms with van der Waals surface area (Å²) in [6, 6.07) is 10.0. The molecule has 0 bridgehead atoms. The maximum absolute atomic E-state index is 5.68. The molecule has 0 saturated carbocycles. The SMILES string of the molecule is CC(OOC(C)(C)C)OC(C)c1ccccc1. The molecule has 1 aromatic carbocycles. The molecule has 3 heteroatoms. The Morgan fingerprint density at radius 2 is 1.59 bits per heavy atom. The second-order valence-corrected chi connectivity index (χ2v) is 5.05. The van der Waals surface area contributed by atoms with Crippen molar-refractivity contribution < 1.29 is 14.5 Å².